The maximum Gasteiger partial charge on any atom is 0.255 e. The van der Waals surface area contributed by atoms with Crippen molar-refractivity contribution in [3.8, 4) is 0 Å². The van der Waals surface area contributed by atoms with Crippen LogP contribution in [-0.4, -0.2) is 18.4 Å². The topological polar surface area (TPSA) is 49.4 Å². The average Bonchev–Trinajstić information content (AvgIpc) is 2.59. The summed E-state index contributed by atoms with van der Waals surface area (Å²) in [5.41, 5.74) is 3.01. The number of carbonyl (C=O) groups excluding carboxylic acids is 2. The van der Waals surface area contributed by atoms with Crippen molar-refractivity contribution in [3.63, 3.8) is 0 Å². The third-order valence-electron chi connectivity index (χ3n) is 4.35. The van der Waals surface area contributed by atoms with Crippen LogP contribution in [0.3, 0.4) is 0 Å². The summed E-state index contributed by atoms with van der Waals surface area (Å²) in [6.07, 6.45) is 1.87. The molecule has 0 radical (unpaired) electrons. The maximum absolute atomic E-state index is 12.5. The fourth-order valence-corrected chi connectivity index (χ4v) is 3.61. The molecule has 0 fully saturated rings. The Hall–Kier alpha value is -2.04. The molecule has 6 heteroatoms. The minimum Gasteiger partial charge on any atom is -0.322 e. The van der Waals surface area contributed by atoms with Gasteiger partial charge in [-0.15, -0.1) is 0 Å². The maximum atomic E-state index is 12.5. The van der Waals surface area contributed by atoms with E-state index in [0.717, 1.165) is 24.1 Å². The summed E-state index contributed by atoms with van der Waals surface area (Å²) in [5.74, 6) is -0.282. The van der Waals surface area contributed by atoms with E-state index in [1.807, 2.05) is 36.9 Å². The molecule has 2 aromatic rings. The van der Waals surface area contributed by atoms with Crippen molar-refractivity contribution in [2.24, 2.45) is 5.92 Å². The molecular formula is C20H20Cl2N2O2. The molecule has 3 rings (SSSR count). The highest BCUT2D eigenvalue weighted by atomic mass is 35.5. The van der Waals surface area contributed by atoms with E-state index in [1.54, 1.807) is 18.2 Å². The molecule has 4 nitrogen and oxygen atoms in total. The molecule has 2 aromatic carbocycles. The summed E-state index contributed by atoms with van der Waals surface area (Å²) in [7, 11) is 0. The second-order valence-electron chi connectivity index (χ2n) is 6.70. The number of hydrogen-bond acceptors (Lipinski definition) is 2. The lowest BCUT2D eigenvalue weighted by molar-refractivity contribution is -0.121. The Balaban J connectivity index is 1.87. The first-order valence-corrected chi connectivity index (χ1v) is 9.32. The number of halogens is 2. The fourth-order valence-electron chi connectivity index (χ4n) is 3.08. The first-order valence-electron chi connectivity index (χ1n) is 8.57. The van der Waals surface area contributed by atoms with Crippen LogP contribution in [0.15, 0.2) is 36.4 Å². The molecule has 0 bridgehead atoms. The van der Waals surface area contributed by atoms with Gasteiger partial charge in [-0.25, -0.2) is 0 Å². The van der Waals surface area contributed by atoms with Gasteiger partial charge in [0.05, 0.1) is 0 Å². The molecule has 26 heavy (non-hydrogen) atoms. The van der Waals surface area contributed by atoms with Gasteiger partial charge in [-0.2, -0.15) is 0 Å². The third kappa shape index (κ3) is 4.02. The minimum atomic E-state index is -0.299. The zero-order valence-electron chi connectivity index (χ0n) is 14.7. The van der Waals surface area contributed by atoms with Crippen LogP contribution in [0, 0.1) is 5.92 Å². The minimum absolute atomic E-state index is 0.0761. The van der Waals surface area contributed by atoms with Crippen molar-refractivity contribution in [1.82, 2.24) is 0 Å². The van der Waals surface area contributed by atoms with E-state index in [9.17, 15) is 9.59 Å². The van der Waals surface area contributed by atoms with Crippen LogP contribution in [0.1, 0.15) is 36.2 Å². The lowest BCUT2D eigenvalue weighted by Crippen LogP contribution is -2.38. The lowest BCUT2D eigenvalue weighted by Gasteiger charge is -2.31. The summed E-state index contributed by atoms with van der Waals surface area (Å²) in [5, 5.41) is 3.67. The van der Waals surface area contributed by atoms with E-state index >= 15 is 0 Å². The number of nitrogens with zero attached hydrogens (tertiary/aromatic N) is 1. The van der Waals surface area contributed by atoms with Gasteiger partial charge in [0.2, 0.25) is 5.91 Å². The first-order chi connectivity index (χ1) is 12.3. The van der Waals surface area contributed by atoms with E-state index in [4.69, 9.17) is 23.2 Å². The molecule has 0 aliphatic carbocycles. The van der Waals surface area contributed by atoms with Crippen LogP contribution in [0.4, 0.5) is 11.4 Å². The SMILES string of the molecule is CC(C)C(=O)N1CCCc2ccc(NC(=O)c3cc(Cl)cc(Cl)c3)cc21. The van der Waals surface area contributed by atoms with E-state index in [0.29, 0.717) is 27.8 Å². The summed E-state index contributed by atoms with van der Waals surface area (Å²) in [4.78, 5) is 26.8. The van der Waals surface area contributed by atoms with Crippen LogP contribution in [0.25, 0.3) is 0 Å². The van der Waals surface area contributed by atoms with E-state index in [-0.39, 0.29) is 17.7 Å². The van der Waals surface area contributed by atoms with Gasteiger partial charge in [0, 0.05) is 39.4 Å². The van der Waals surface area contributed by atoms with Crippen molar-refractivity contribution in [2.45, 2.75) is 26.7 Å². The van der Waals surface area contributed by atoms with Crippen molar-refractivity contribution < 1.29 is 9.59 Å². The zero-order chi connectivity index (χ0) is 18.8. The molecule has 1 aliphatic heterocycles. The number of rotatable bonds is 3. The average molecular weight is 391 g/mol. The number of amides is 2. The monoisotopic (exact) mass is 390 g/mol. The number of aryl methyl sites for hydroxylation is 1. The van der Waals surface area contributed by atoms with Crippen LogP contribution in [0.5, 0.6) is 0 Å². The highest BCUT2D eigenvalue weighted by molar-refractivity contribution is 6.35. The molecule has 136 valence electrons. The Morgan fingerprint density at radius 1 is 1.08 bits per heavy atom. The highest BCUT2D eigenvalue weighted by Gasteiger charge is 2.24. The predicted octanol–water partition coefficient (Wildman–Crippen LogP) is 5.18. The number of hydrogen-bond donors (Lipinski definition) is 1. The number of carbonyl (C=O) groups is 2. The smallest absolute Gasteiger partial charge is 0.255 e. The highest BCUT2D eigenvalue weighted by Crippen LogP contribution is 2.31. The molecule has 1 N–H and O–H groups in total. The Labute approximate surface area is 163 Å². The second kappa shape index (κ2) is 7.68. The Bertz CT molecular complexity index is 845. The molecule has 2 amide bonds. The quantitative estimate of drug-likeness (QED) is 0.784. The lowest BCUT2D eigenvalue weighted by atomic mass is 9.99. The normalized spacial score (nSPS) is 13.5. The fraction of sp³-hybridized carbons (Fsp3) is 0.300. The Kier molecular flexibility index (Phi) is 5.54. The molecule has 0 unspecified atom stereocenters. The predicted molar refractivity (Wildman–Crippen MR) is 106 cm³/mol. The van der Waals surface area contributed by atoms with Crippen LogP contribution in [0.2, 0.25) is 10.0 Å². The summed E-state index contributed by atoms with van der Waals surface area (Å²) >= 11 is 11.9. The van der Waals surface area contributed by atoms with Gasteiger partial charge < -0.3 is 10.2 Å². The van der Waals surface area contributed by atoms with Gasteiger partial charge in [-0.1, -0.05) is 43.1 Å². The van der Waals surface area contributed by atoms with Crippen LogP contribution in [-0.2, 0) is 11.2 Å². The molecule has 1 aliphatic rings. The molecule has 0 saturated heterocycles. The van der Waals surface area contributed by atoms with Gasteiger partial charge in [0.25, 0.3) is 5.91 Å². The molecule has 0 aromatic heterocycles. The van der Waals surface area contributed by atoms with Crippen molar-refractivity contribution in [3.05, 3.63) is 57.6 Å². The number of benzene rings is 2. The second-order valence-corrected chi connectivity index (χ2v) is 7.58. The molecule has 1 heterocycles. The van der Waals surface area contributed by atoms with Crippen molar-refractivity contribution >= 4 is 46.4 Å². The third-order valence-corrected chi connectivity index (χ3v) is 4.78. The number of anilines is 2. The molecule has 0 saturated carbocycles. The summed E-state index contributed by atoms with van der Waals surface area (Å²) in [6, 6.07) is 10.4. The van der Waals surface area contributed by atoms with Gasteiger partial charge in [-0.05, 0) is 48.7 Å². The summed E-state index contributed by atoms with van der Waals surface area (Å²) < 4.78 is 0. The largest absolute Gasteiger partial charge is 0.322 e. The Morgan fingerprint density at radius 3 is 2.42 bits per heavy atom. The number of fused-ring (bicyclic) bond motifs is 1. The van der Waals surface area contributed by atoms with Gasteiger partial charge in [0.1, 0.15) is 0 Å². The van der Waals surface area contributed by atoms with Gasteiger partial charge >= 0.3 is 0 Å². The van der Waals surface area contributed by atoms with E-state index in [1.165, 1.54) is 0 Å². The van der Waals surface area contributed by atoms with Gasteiger partial charge in [-0.3, -0.25) is 9.59 Å². The molecular weight excluding hydrogens is 371 g/mol. The van der Waals surface area contributed by atoms with Gasteiger partial charge in [0.15, 0.2) is 0 Å². The number of nitrogens with one attached hydrogen (secondary N) is 1. The van der Waals surface area contributed by atoms with Crippen molar-refractivity contribution in [2.75, 3.05) is 16.8 Å². The van der Waals surface area contributed by atoms with Crippen LogP contribution < -0.4 is 10.2 Å². The first kappa shape index (κ1) is 18.7. The molecule has 0 atom stereocenters. The molecule has 0 spiro atoms. The van der Waals surface area contributed by atoms with E-state index < -0.39 is 0 Å². The Morgan fingerprint density at radius 2 is 1.77 bits per heavy atom. The van der Waals surface area contributed by atoms with Crippen LogP contribution >= 0.6 is 23.2 Å². The standard InChI is InChI=1S/C20H20Cl2N2O2/c1-12(2)20(26)24-7-3-4-13-5-6-17(11-18(13)24)23-19(25)14-8-15(21)10-16(22)9-14/h5-6,8-12H,3-4,7H2,1-2H3,(H,23,25). The summed E-state index contributed by atoms with van der Waals surface area (Å²) in [6.45, 7) is 4.49. The van der Waals surface area contributed by atoms with Crippen molar-refractivity contribution in [1.29, 1.82) is 0 Å². The van der Waals surface area contributed by atoms with E-state index in [2.05, 4.69) is 5.32 Å². The zero-order valence-corrected chi connectivity index (χ0v) is 16.2.